The molecule has 0 aromatic heterocycles. The van der Waals surface area contributed by atoms with Crippen LogP contribution in [0.4, 0.5) is 0 Å². The minimum Gasteiger partial charge on any atom is -0.313 e. The first-order chi connectivity index (χ1) is 8.10. The van der Waals surface area contributed by atoms with E-state index in [-0.39, 0.29) is 0 Å². The standard InChI is InChI=1S/C15H24BrN/c1-5-14(15(11(3)4)17-6-2)12-8-7-9-13(16)10-12/h7-11,14-15,17H,5-6H2,1-4H3. The number of benzene rings is 1. The fourth-order valence-corrected chi connectivity index (χ4v) is 2.93. The molecule has 2 heteroatoms. The third kappa shape index (κ3) is 4.11. The van der Waals surface area contributed by atoms with Crippen molar-refractivity contribution in [1.82, 2.24) is 5.32 Å². The van der Waals surface area contributed by atoms with Gasteiger partial charge in [0.25, 0.3) is 0 Å². The molecule has 0 spiro atoms. The Morgan fingerprint density at radius 1 is 1.24 bits per heavy atom. The molecule has 0 fully saturated rings. The van der Waals surface area contributed by atoms with Gasteiger partial charge in [0.05, 0.1) is 0 Å². The molecule has 0 aliphatic heterocycles. The second kappa shape index (κ2) is 7.17. The zero-order chi connectivity index (χ0) is 12.8. The summed E-state index contributed by atoms with van der Waals surface area (Å²) in [5, 5.41) is 3.64. The number of hydrogen-bond acceptors (Lipinski definition) is 1. The molecule has 2 unspecified atom stereocenters. The number of rotatable bonds is 6. The summed E-state index contributed by atoms with van der Waals surface area (Å²) in [6.45, 7) is 10.1. The van der Waals surface area contributed by atoms with Crippen LogP contribution in [0.15, 0.2) is 28.7 Å². The van der Waals surface area contributed by atoms with Gasteiger partial charge in [0, 0.05) is 10.5 Å². The second-order valence-electron chi connectivity index (χ2n) is 4.90. The lowest BCUT2D eigenvalue weighted by atomic mass is 9.83. The van der Waals surface area contributed by atoms with Crippen molar-refractivity contribution in [3.63, 3.8) is 0 Å². The highest BCUT2D eigenvalue weighted by atomic mass is 79.9. The summed E-state index contributed by atoms with van der Waals surface area (Å²) in [5.41, 5.74) is 1.43. The molecular weight excluding hydrogens is 274 g/mol. The van der Waals surface area contributed by atoms with Crippen LogP contribution in [0.1, 0.15) is 45.6 Å². The molecule has 96 valence electrons. The number of halogens is 1. The minimum absolute atomic E-state index is 0.555. The molecule has 0 amide bonds. The minimum atomic E-state index is 0.555. The van der Waals surface area contributed by atoms with Crippen molar-refractivity contribution in [1.29, 1.82) is 0 Å². The second-order valence-corrected chi connectivity index (χ2v) is 5.81. The van der Waals surface area contributed by atoms with Gasteiger partial charge in [0.15, 0.2) is 0 Å². The summed E-state index contributed by atoms with van der Waals surface area (Å²) >= 11 is 3.56. The fraction of sp³-hybridized carbons (Fsp3) is 0.600. The highest BCUT2D eigenvalue weighted by Crippen LogP contribution is 2.29. The smallest absolute Gasteiger partial charge is 0.0178 e. The highest BCUT2D eigenvalue weighted by molar-refractivity contribution is 9.10. The predicted octanol–water partition coefficient (Wildman–Crippen LogP) is 4.58. The van der Waals surface area contributed by atoms with Gasteiger partial charge in [-0.1, -0.05) is 55.8 Å². The number of hydrogen-bond donors (Lipinski definition) is 1. The van der Waals surface area contributed by atoms with E-state index >= 15 is 0 Å². The van der Waals surface area contributed by atoms with Gasteiger partial charge in [0.1, 0.15) is 0 Å². The van der Waals surface area contributed by atoms with Crippen LogP contribution in [0.25, 0.3) is 0 Å². The molecule has 17 heavy (non-hydrogen) atoms. The third-order valence-electron chi connectivity index (χ3n) is 3.31. The number of likely N-dealkylation sites (N-methyl/N-ethyl adjacent to an activating group) is 1. The SMILES string of the molecule is CCNC(C(C)C)C(CC)c1cccc(Br)c1. The van der Waals surface area contributed by atoms with Crippen molar-refractivity contribution in [2.45, 2.75) is 46.1 Å². The molecule has 1 nitrogen and oxygen atoms in total. The van der Waals surface area contributed by atoms with Gasteiger partial charge in [-0.3, -0.25) is 0 Å². The molecule has 1 rings (SSSR count). The van der Waals surface area contributed by atoms with Crippen molar-refractivity contribution in [3.05, 3.63) is 34.3 Å². The van der Waals surface area contributed by atoms with Crippen molar-refractivity contribution >= 4 is 15.9 Å². The Hall–Kier alpha value is -0.340. The summed E-state index contributed by atoms with van der Waals surface area (Å²) < 4.78 is 1.17. The van der Waals surface area contributed by atoms with Crippen LogP contribution < -0.4 is 5.32 Å². The molecule has 0 radical (unpaired) electrons. The average molecular weight is 298 g/mol. The number of nitrogens with one attached hydrogen (secondary N) is 1. The lowest BCUT2D eigenvalue weighted by molar-refractivity contribution is 0.340. The van der Waals surface area contributed by atoms with Gasteiger partial charge in [-0.25, -0.2) is 0 Å². The Labute approximate surface area is 114 Å². The maximum absolute atomic E-state index is 3.64. The molecule has 2 atom stereocenters. The summed E-state index contributed by atoms with van der Waals surface area (Å²) in [7, 11) is 0. The monoisotopic (exact) mass is 297 g/mol. The Morgan fingerprint density at radius 2 is 1.94 bits per heavy atom. The average Bonchev–Trinajstić information content (AvgIpc) is 2.29. The van der Waals surface area contributed by atoms with E-state index in [2.05, 4.69) is 73.2 Å². The van der Waals surface area contributed by atoms with Crippen LogP contribution in [0.2, 0.25) is 0 Å². The first-order valence-corrected chi connectivity index (χ1v) is 7.38. The van der Waals surface area contributed by atoms with E-state index in [0.717, 1.165) is 6.54 Å². The highest BCUT2D eigenvalue weighted by Gasteiger charge is 2.23. The predicted molar refractivity (Wildman–Crippen MR) is 79.5 cm³/mol. The lowest BCUT2D eigenvalue weighted by Crippen LogP contribution is -2.39. The molecule has 1 aromatic rings. The molecule has 0 aliphatic rings. The Balaban J connectivity index is 2.95. The van der Waals surface area contributed by atoms with Gasteiger partial charge in [-0.2, -0.15) is 0 Å². The van der Waals surface area contributed by atoms with Crippen molar-refractivity contribution in [2.75, 3.05) is 6.54 Å². The first kappa shape index (κ1) is 14.7. The van der Waals surface area contributed by atoms with Gasteiger partial charge in [0.2, 0.25) is 0 Å². The van der Waals surface area contributed by atoms with E-state index in [1.54, 1.807) is 0 Å². The summed E-state index contributed by atoms with van der Waals surface area (Å²) in [6.07, 6.45) is 1.17. The molecule has 1 aromatic carbocycles. The Bertz CT molecular complexity index is 335. The van der Waals surface area contributed by atoms with Gasteiger partial charge in [-0.15, -0.1) is 0 Å². The maximum atomic E-state index is 3.64. The lowest BCUT2D eigenvalue weighted by Gasteiger charge is -2.30. The zero-order valence-corrected chi connectivity index (χ0v) is 12.9. The molecule has 0 aliphatic carbocycles. The molecule has 0 heterocycles. The third-order valence-corrected chi connectivity index (χ3v) is 3.80. The van der Waals surface area contributed by atoms with E-state index in [0.29, 0.717) is 17.9 Å². The van der Waals surface area contributed by atoms with Crippen LogP contribution in [0.5, 0.6) is 0 Å². The van der Waals surface area contributed by atoms with Crippen LogP contribution in [0.3, 0.4) is 0 Å². The van der Waals surface area contributed by atoms with Gasteiger partial charge in [-0.05, 0) is 42.5 Å². The van der Waals surface area contributed by atoms with Crippen LogP contribution in [0, 0.1) is 5.92 Å². The zero-order valence-electron chi connectivity index (χ0n) is 11.3. The summed E-state index contributed by atoms with van der Waals surface area (Å²) in [5.74, 6) is 1.24. The van der Waals surface area contributed by atoms with E-state index in [4.69, 9.17) is 0 Å². The molecule has 0 saturated heterocycles. The van der Waals surface area contributed by atoms with Crippen LogP contribution in [-0.4, -0.2) is 12.6 Å². The van der Waals surface area contributed by atoms with Crippen molar-refractivity contribution in [3.8, 4) is 0 Å². The largest absolute Gasteiger partial charge is 0.313 e. The van der Waals surface area contributed by atoms with E-state index in [1.807, 2.05) is 0 Å². The topological polar surface area (TPSA) is 12.0 Å². The molecule has 0 saturated carbocycles. The summed E-state index contributed by atoms with van der Waals surface area (Å²) in [4.78, 5) is 0. The van der Waals surface area contributed by atoms with E-state index in [9.17, 15) is 0 Å². The Morgan fingerprint density at radius 3 is 2.41 bits per heavy atom. The maximum Gasteiger partial charge on any atom is 0.0178 e. The first-order valence-electron chi connectivity index (χ1n) is 6.59. The van der Waals surface area contributed by atoms with Crippen molar-refractivity contribution < 1.29 is 0 Å². The quantitative estimate of drug-likeness (QED) is 0.810. The molecular formula is C15H24BrN. The van der Waals surface area contributed by atoms with Gasteiger partial charge >= 0.3 is 0 Å². The summed E-state index contributed by atoms with van der Waals surface area (Å²) in [6, 6.07) is 9.27. The van der Waals surface area contributed by atoms with Gasteiger partial charge < -0.3 is 5.32 Å². The van der Waals surface area contributed by atoms with Crippen LogP contribution in [-0.2, 0) is 0 Å². The Kier molecular flexibility index (Phi) is 6.21. The van der Waals surface area contributed by atoms with E-state index < -0.39 is 0 Å². The molecule has 0 bridgehead atoms. The molecule has 1 N–H and O–H groups in total. The fourth-order valence-electron chi connectivity index (χ4n) is 2.51. The van der Waals surface area contributed by atoms with E-state index in [1.165, 1.54) is 16.5 Å². The van der Waals surface area contributed by atoms with Crippen LogP contribution >= 0.6 is 15.9 Å². The van der Waals surface area contributed by atoms with Crippen molar-refractivity contribution in [2.24, 2.45) is 5.92 Å². The normalized spacial score (nSPS) is 14.9.